The van der Waals surface area contributed by atoms with Crippen molar-refractivity contribution in [1.82, 2.24) is 0 Å². The van der Waals surface area contributed by atoms with Crippen molar-refractivity contribution in [2.24, 2.45) is 0 Å². The van der Waals surface area contributed by atoms with Gasteiger partial charge in [0.05, 0.1) is 6.10 Å². The maximum absolute atomic E-state index is 14.0. The zero-order valence-electron chi connectivity index (χ0n) is 11.3. The minimum Gasteiger partial charge on any atom is -0.388 e. The van der Waals surface area contributed by atoms with Crippen molar-refractivity contribution in [3.05, 3.63) is 68.4 Å². The molecule has 20 heavy (non-hydrogen) atoms. The fourth-order valence-corrected chi connectivity index (χ4v) is 2.92. The average molecular weight is 313 g/mol. The third-order valence-corrected chi connectivity index (χ3v) is 3.98. The van der Waals surface area contributed by atoms with E-state index in [0.29, 0.717) is 21.2 Å². The van der Waals surface area contributed by atoms with Gasteiger partial charge in [0.15, 0.2) is 0 Å². The zero-order chi connectivity index (χ0) is 14.9. The van der Waals surface area contributed by atoms with Crippen molar-refractivity contribution in [3.63, 3.8) is 0 Å². The van der Waals surface area contributed by atoms with Crippen molar-refractivity contribution < 1.29 is 9.50 Å². The normalized spacial score (nSPS) is 12.5. The predicted molar refractivity (Wildman–Crippen MR) is 81.0 cm³/mol. The van der Waals surface area contributed by atoms with Crippen molar-refractivity contribution in [2.75, 3.05) is 0 Å². The summed E-state index contributed by atoms with van der Waals surface area (Å²) in [5.74, 6) is -0.404. The summed E-state index contributed by atoms with van der Waals surface area (Å²) < 4.78 is 14.0. The maximum atomic E-state index is 14.0. The van der Waals surface area contributed by atoms with Crippen LogP contribution in [-0.4, -0.2) is 5.11 Å². The van der Waals surface area contributed by atoms with Crippen molar-refractivity contribution >= 4 is 23.2 Å². The lowest BCUT2D eigenvalue weighted by Crippen LogP contribution is -2.08. The highest BCUT2D eigenvalue weighted by Crippen LogP contribution is 2.31. The highest BCUT2D eigenvalue weighted by atomic mass is 35.5. The van der Waals surface area contributed by atoms with E-state index < -0.39 is 11.9 Å². The molecule has 0 amide bonds. The molecule has 0 saturated heterocycles. The lowest BCUT2D eigenvalue weighted by Gasteiger charge is -2.17. The van der Waals surface area contributed by atoms with Crippen LogP contribution in [-0.2, 0) is 6.42 Å². The smallest absolute Gasteiger partial charge is 0.129 e. The maximum Gasteiger partial charge on any atom is 0.129 e. The first-order valence-electron chi connectivity index (χ1n) is 6.27. The Morgan fingerprint density at radius 3 is 2.30 bits per heavy atom. The summed E-state index contributed by atoms with van der Waals surface area (Å²) in [5, 5.41) is 11.3. The Morgan fingerprint density at radius 2 is 1.75 bits per heavy atom. The number of aryl methyl sites for hydroxylation is 2. The van der Waals surface area contributed by atoms with Crippen LogP contribution >= 0.6 is 23.2 Å². The van der Waals surface area contributed by atoms with E-state index in [0.717, 1.165) is 11.1 Å². The SMILES string of the molecule is Cc1cc(C)c(C(O)Cc2c(Cl)cccc2Cl)c(F)c1. The molecule has 0 heterocycles. The summed E-state index contributed by atoms with van der Waals surface area (Å²) in [6.07, 6.45) is -0.799. The summed E-state index contributed by atoms with van der Waals surface area (Å²) in [6.45, 7) is 3.60. The fourth-order valence-electron chi connectivity index (χ4n) is 2.37. The van der Waals surface area contributed by atoms with E-state index in [1.807, 2.05) is 13.0 Å². The Balaban J connectivity index is 2.36. The molecule has 0 bridgehead atoms. The van der Waals surface area contributed by atoms with Gasteiger partial charge in [-0.2, -0.15) is 0 Å². The van der Waals surface area contributed by atoms with Crippen LogP contribution in [0.25, 0.3) is 0 Å². The minimum absolute atomic E-state index is 0.180. The lowest BCUT2D eigenvalue weighted by molar-refractivity contribution is 0.173. The Labute approximate surface area is 128 Å². The summed E-state index contributed by atoms with van der Waals surface area (Å²) in [6, 6.07) is 8.40. The van der Waals surface area contributed by atoms with Gasteiger partial charge in [-0.1, -0.05) is 35.3 Å². The first-order valence-corrected chi connectivity index (χ1v) is 7.03. The second-order valence-electron chi connectivity index (χ2n) is 4.90. The number of aliphatic hydroxyl groups excluding tert-OH is 1. The van der Waals surface area contributed by atoms with E-state index in [4.69, 9.17) is 23.2 Å². The Kier molecular flexibility index (Phi) is 4.69. The fraction of sp³-hybridized carbons (Fsp3) is 0.250. The molecule has 1 atom stereocenters. The molecule has 0 spiro atoms. The molecule has 1 nitrogen and oxygen atoms in total. The van der Waals surface area contributed by atoms with Crippen LogP contribution in [0, 0.1) is 19.7 Å². The van der Waals surface area contributed by atoms with Gasteiger partial charge in [0.1, 0.15) is 5.82 Å². The topological polar surface area (TPSA) is 20.2 Å². The van der Waals surface area contributed by atoms with Crippen molar-refractivity contribution in [3.8, 4) is 0 Å². The van der Waals surface area contributed by atoms with Crippen LogP contribution < -0.4 is 0 Å². The van der Waals surface area contributed by atoms with E-state index in [9.17, 15) is 9.50 Å². The van der Waals surface area contributed by atoms with Gasteiger partial charge in [0, 0.05) is 22.0 Å². The number of aliphatic hydroxyl groups is 1. The van der Waals surface area contributed by atoms with Gasteiger partial charge in [-0.15, -0.1) is 0 Å². The largest absolute Gasteiger partial charge is 0.388 e. The number of halogens is 3. The molecule has 0 aliphatic rings. The molecule has 4 heteroatoms. The summed E-state index contributed by atoms with van der Waals surface area (Å²) in [7, 11) is 0. The molecular weight excluding hydrogens is 298 g/mol. The van der Waals surface area contributed by atoms with E-state index >= 15 is 0 Å². The van der Waals surface area contributed by atoms with Crippen LogP contribution in [0.5, 0.6) is 0 Å². The minimum atomic E-state index is -0.979. The monoisotopic (exact) mass is 312 g/mol. The second kappa shape index (κ2) is 6.13. The molecule has 0 aliphatic carbocycles. The van der Waals surface area contributed by atoms with E-state index in [1.54, 1.807) is 25.1 Å². The highest BCUT2D eigenvalue weighted by molar-refractivity contribution is 6.36. The standard InChI is InChI=1S/C16H15Cl2FO/c1-9-6-10(2)16(14(19)7-9)15(20)8-11-12(17)4-3-5-13(11)18/h3-7,15,20H,8H2,1-2H3. The first-order chi connectivity index (χ1) is 9.40. The molecule has 0 aromatic heterocycles. The summed E-state index contributed by atoms with van der Waals surface area (Å²) in [4.78, 5) is 0. The molecule has 0 saturated carbocycles. The molecule has 1 unspecified atom stereocenters. The number of hydrogen-bond acceptors (Lipinski definition) is 1. The highest BCUT2D eigenvalue weighted by Gasteiger charge is 2.19. The van der Waals surface area contributed by atoms with Gasteiger partial charge in [-0.05, 0) is 48.7 Å². The molecular formula is C16H15Cl2FO. The molecule has 0 radical (unpaired) electrons. The molecule has 0 fully saturated rings. The van der Waals surface area contributed by atoms with E-state index in [2.05, 4.69) is 0 Å². The first kappa shape index (κ1) is 15.3. The third-order valence-electron chi connectivity index (χ3n) is 3.27. The molecule has 2 aromatic carbocycles. The van der Waals surface area contributed by atoms with Gasteiger partial charge >= 0.3 is 0 Å². The van der Waals surface area contributed by atoms with Gasteiger partial charge < -0.3 is 5.11 Å². The Bertz CT molecular complexity index is 597. The number of hydrogen-bond donors (Lipinski definition) is 1. The molecule has 2 rings (SSSR count). The van der Waals surface area contributed by atoms with Crippen LogP contribution in [0.15, 0.2) is 30.3 Å². The number of benzene rings is 2. The average Bonchev–Trinajstić information content (AvgIpc) is 2.32. The third kappa shape index (κ3) is 3.14. The predicted octanol–water partition coefficient (Wildman–Crippen LogP) is 5.03. The van der Waals surface area contributed by atoms with Crippen LogP contribution in [0.3, 0.4) is 0 Å². The Hall–Kier alpha value is -1.09. The van der Waals surface area contributed by atoms with Crippen molar-refractivity contribution in [2.45, 2.75) is 26.4 Å². The van der Waals surface area contributed by atoms with E-state index in [1.165, 1.54) is 6.07 Å². The second-order valence-corrected chi connectivity index (χ2v) is 5.71. The van der Waals surface area contributed by atoms with Crippen LogP contribution in [0.1, 0.15) is 28.4 Å². The lowest BCUT2D eigenvalue weighted by atomic mass is 9.95. The zero-order valence-corrected chi connectivity index (χ0v) is 12.8. The molecule has 1 N–H and O–H groups in total. The summed E-state index contributed by atoms with van der Waals surface area (Å²) >= 11 is 12.2. The van der Waals surface area contributed by atoms with Gasteiger partial charge in [-0.25, -0.2) is 4.39 Å². The molecule has 106 valence electrons. The van der Waals surface area contributed by atoms with Crippen molar-refractivity contribution in [1.29, 1.82) is 0 Å². The molecule has 2 aromatic rings. The van der Waals surface area contributed by atoms with Crippen LogP contribution in [0.2, 0.25) is 10.0 Å². The Morgan fingerprint density at radius 1 is 1.15 bits per heavy atom. The van der Waals surface area contributed by atoms with E-state index in [-0.39, 0.29) is 6.42 Å². The quantitative estimate of drug-likeness (QED) is 0.843. The number of rotatable bonds is 3. The van der Waals surface area contributed by atoms with Gasteiger partial charge in [0.2, 0.25) is 0 Å². The van der Waals surface area contributed by atoms with Gasteiger partial charge in [-0.3, -0.25) is 0 Å². The van der Waals surface area contributed by atoms with Crippen LogP contribution in [0.4, 0.5) is 4.39 Å². The van der Waals surface area contributed by atoms with Gasteiger partial charge in [0.25, 0.3) is 0 Å². The summed E-state index contributed by atoms with van der Waals surface area (Å²) in [5.41, 5.74) is 2.47. The molecule has 0 aliphatic heterocycles.